The molecule has 24 heavy (non-hydrogen) atoms. The Hall–Kier alpha value is -1.59. The number of carbonyl (C=O) groups is 1. The molecular weight excluding hydrogens is 304 g/mol. The first-order chi connectivity index (χ1) is 11.6. The van der Waals surface area contributed by atoms with Crippen LogP contribution in [-0.4, -0.2) is 66.2 Å². The molecule has 0 spiro atoms. The summed E-state index contributed by atoms with van der Waals surface area (Å²) in [7, 11) is 0. The summed E-state index contributed by atoms with van der Waals surface area (Å²) in [5.74, 6) is 0.980. The van der Waals surface area contributed by atoms with Crippen molar-refractivity contribution >= 4 is 5.91 Å². The summed E-state index contributed by atoms with van der Waals surface area (Å²) in [6, 6.07) is 7.66. The number of para-hydroxylation sites is 1. The number of carbonyl (C=O) groups excluding carboxylic acids is 1. The lowest BCUT2D eigenvalue weighted by Crippen LogP contribution is -2.49. The molecule has 0 bridgehead atoms. The zero-order valence-electron chi connectivity index (χ0n) is 14.5. The fourth-order valence-electron chi connectivity index (χ4n) is 3.85. The molecule has 5 heteroatoms. The number of nitrogens with zero attached hydrogens (tertiary/aromatic N) is 2. The zero-order valence-corrected chi connectivity index (χ0v) is 14.5. The van der Waals surface area contributed by atoms with Crippen molar-refractivity contribution in [2.24, 2.45) is 5.92 Å². The van der Waals surface area contributed by atoms with Crippen molar-refractivity contribution < 1.29 is 14.6 Å². The highest BCUT2D eigenvalue weighted by Crippen LogP contribution is 2.25. The lowest BCUT2D eigenvalue weighted by atomic mass is 9.89. The molecule has 1 N–H and O–H groups in total. The molecule has 1 aromatic carbocycles. The van der Waals surface area contributed by atoms with Crippen molar-refractivity contribution in [2.75, 3.05) is 39.4 Å². The number of phenolic OH excluding ortho intramolecular Hbond substituents is 1. The van der Waals surface area contributed by atoms with E-state index in [1.807, 2.05) is 17.0 Å². The van der Waals surface area contributed by atoms with E-state index in [2.05, 4.69) is 11.8 Å². The first-order valence-electron chi connectivity index (χ1n) is 9.01. The number of amides is 1. The van der Waals surface area contributed by atoms with Crippen LogP contribution in [0.1, 0.15) is 25.3 Å². The minimum absolute atomic E-state index is 0.119. The van der Waals surface area contributed by atoms with E-state index in [-0.39, 0.29) is 18.1 Å². The Bertz CT molecular complexity index is 549. The van der Waals surface area contributed by atoms with Crippen LogP contribution in [0, 0.1) is 5.92 Å². The predicted octanol–water partition coefficient (Wildman–Crippen LogP) is 1.89. The monoisotopic (exact) mass is 332 g/mol. The van der Waals surface area contributed by atoms with E-state index in [0.717, 1.165) is 52.2 Å². The first-order valence-corrected chi connectivity index (χ1v) is 9.01. The van der Waals surface area contributed by atoms with E-state index >= 15 is 0 Å². The van der Waals surface area contributed by atoms with Crippen LogP contribution < -0.4 is 0 Å². The lowest BCUT2D eigenvalue weighted by molar-refractivity contribution is -0.132. The van der Waals surface area contributed by atoms with Gasteiger partial charge in [-0.25, -0.2) is 0 Å². The summed E-state index contributed by atoms with van der Waals surface area (Å²) >= 11 is 0. The number of morpholine rings is 1. The summed E-state index contributed by atoms with van der Waals surface area (Å²) in [5, 5.41) is 9.83. The molecular formula is C19H28N2O3. The second-order valence-corrected chi connectivity index (χ2v) is 6.91. The molecule has 1 aromatic rings. The van der Waals surface area contributed by atoms with Gasteiger partial charge in [0.1, 0.15) is 5.75 Å². The molecule has 5 nitrogen and oxygen atoms in total. The molecule has 0 radical (unpaired) electrons. The average Bonchev–Trinajstić information content (AvgIpc) is 2.64. The van der Waals surface area contributed by atoms with Gasteiger partial charge < -0.3 is 14.7 Å². The highest BCUT2D eigenvalue weighted by Gasteiger charge is 2.30. The van der Waals surface area contributed by atoms with Crippen LogP contribution in [0.25, 0.3) is 0 Å². The van der Waals surface area contributed by atoms with Crippen LogP contribution in [-0.2, 0) is 16.0 Å². The number of rotatable bonds is 4. The molecule has 2 heterocycles. The third-order valence-electron chi connectivity index (χ3n) is 5.53. The van der Waals surface area contributed by atoms with E-state index in [1.165, 1.54) is 0 Å². The van der Waals surface area contributed by atoms with Gasteiger partial charge in [-0.2, -0.15) is 0 Å². The number of piperidine rings is 1. The molecule has 1 amide bonds. The molecule has 0 aliphatic carbocycles. The SMILES string of the molecule is C[C@H](C1CCN(C(=O)Cc2ccccc2O)CC1)N1CCOCC1. The van der Waals surface area contributed by atoms with Gasteiger partial charge in [-0.05, 0) is 31.7 Å². The number of aromatic hydroxyl groups is 1. The van der Waals surface area contributed by atoms with E-state index in [0.29, 0.717) is 17.5 Å². The molecule has 1 atom stereocenters. The quantitative estimate of drug-likeness (QED) is 0.915. The van der Waals surface area contributed by atoms with Crippen molar-refractivity contribution in [3.63, 3.8) is 0 Å². The Labute approximate surface area is 144 Å². The second-order valence-electron chi connectivity index (χ2n) is 6.91. The summed E-state index contributed by atoms with van der Waals surface area (Å²) in [5.41, 5.74) is 0.714. The number of hydrogen-bond acceptors (Lipinski definition) is 4. The number of hydrogen-bond donors (Lipinski definition) is 1. The minimum Gasteiger partial charge on any atom is -0.508 e. The van der Waals surface area contributed by atoms with Crippen molar-refractivity contribution in [3.05, 3.63) is 29.8 Å². The predicted molar refractivity (Wildman–Crippen MR) is 93.0 cm³/mol. The van der Waals surface area contributed by atoms with E-state index < -0.39 is 0 Å². The topological polar surface area (TPSA) is 53.0 Å². The lowest BCUT2D eigenvalue weighted by Gasteiger charge is -2.41. The van der Waals surface area contributed by atoms with Crippen molar-refractivity contribution in [1.29, 1.82) is 0 Å². The first kappa shape index (κ1) is 17.2. The second kappa shape index (κ2) is 7.99. The molecule has 0 aromatic heterocycles. The fourth-order valence-corrected chi connectivity index (χ4v) is 3.85. The maximum atomic E-state index is 12.5. The zero-order chi connectivity index (χ0) is 16.9. The van der Waals surface area contributed by atoms with Crippen LogP contribution in [0.5, 0.6) is 5.75 Å². The Kier molecular flexibility index (Phi) is 5.74. The highest BCUT2D eigenvalue weighted by atomic mass is 16.5. The van der Waals surface area contributed by atoms with E-state index in [1.54, 1.807) is 12.1 Å². The Morgan fingerprint density at radius 2 is 1.88 bits per heavy atom. The van der Waals surface area contributed by atoms with Crippen molar-refractivity contribution in [3.8, 4) is 5.75 Å². The smallest absolute Gasteiger partial charge is 0.227 e. The normalized spacial score (nSPS) is 21.6. The molecule has 2 fully saturated rings. The van der Waals surface area contributed by atoms with E-state index in [4.69, 9.17) is 4.74 Å². The minimum atomic E-state index is 0.119. The molecule has 2 saturated heterocycles. The van der Waals surface area contributed by atoms with Crippen molar-refractivity contribution in [2.45, 2.75) is 32.2 Å². The molecule has 132 valence electrons. The van der Waals surface area contributed by atoms with Gasteiger partial charge in [-0.15, -0.1) is 0 Å². The maximum Gasteiger partial charge on any atom is 0.227 e. The molecule has 0 unspecified atom stereocenters. The van der Waals surface area contributed by atoms with Gasteiger partial charge in [-0.3, -0.25) is 9.69 Å². The molecule has 2 aliphatic heterocycles. The van der Waals surface area contributed by atoms with Gasteiger partial charge >= 0.3 is 0 Å². The van der Waals surface area contributed by atoms with Gasteiger partial charge in [0, 0.05) is 37.8 Å². The van der Waals surface area contributed by atoms with Crippen LogP contribution in [0.15, 0.2) is 24.3 Å². The highest BCUT2D eigenvalue weighted by molar-refractivity contribution is 5.79. The van der Waals surface area contributed by atoms with E-state index in [9.17, 15) is 9.90 Å². The standard InChI is InChI=1S/C19H28N2O3/c1-15(20-10-12-24-13-11-20)16-6-8-21(9-7-16)19(23)14-17-4-2-3-5-18(17)22/h2-5,15-16,22H,6-14H2,1H3/t15-/m1/s1. The third-order valence-corrected chi connectivity index (χ3v) is 5.53. The molecule has 3 rings (SSSR count). The van der Waals surface area contributed by atoms with Gasteiger partial charge in [-0.1, -0.05) is 18.2 Å². The van der Waals surface area contributed by atoms with Gasteiger partial charge in [0.15, 0.2) is 0 Å². The van der Waals surface area contributed by atoms with Crippen LogP contribution in [0.3, 0.4) is 0 Å². The van der Waals surface area contributed by atoms with Gasteiger partial charge in [0.2, 0.25) is 5.91 Å². The number of phenols is 1. The molecule has 0 saturated carbocycles. The van der Waals surface area contributed by atoms with Gasteiger partial charge in [0.05, 0.1) is 19.6 Å². The Morgan fingerprint density at radius 3 is 2.54 bits per heavy atom. The summed E-state index contributed by atoms with van der Waals surface area (Å²) in [6.07, 6.45) is 2.41. The number of likely N-dealkylation sites (tertiary alicyclic amines) is 1. The largest absolute Gasteiger partial charge is 0.508 e. The Balaban J connectivity index is 1.49. The van der Waals surface area contributed by atoms with Crippen LogP contribution in [0.2, 0.25) is 0 Å². The van der Waals surface area contributed by atoms with Gasteiger partial charge in [0.25, 0.3) is 0 Å². The summed E-state index contributed by atoms with van der Waals surface area (Å²) in [4.78, 5) is 17.0. The molecule has 2 aliphatic rings. The fraction of sp³-hybridized carbons (Fsp3) is 0.632. The van der Waals surface area contributed by atoms with Crippen LogP contribution in [0.4, 0.5) is 0 Å². The third kappa shape index (κ3) is 4.08. The van der Waals surface area contributed by atoms with Crippen molar-refractivity contribution in [1.82, 2.24) is 9.80 Å². The average molecular weight is 332 g/mol. The number of benzene rings is 1. The Morgan fingerprint density at radius 1 is 1.21 bits per heavy atom. The summed E-state index contributed by atoms with van der Waals surface area (Å²) in [6.45, 7) is 7.68. The van der Waals surface area contributed by atoms with Crippen LogP contribution >= 0.6 is 0 Å². The number of ether oxygens (including phenoxy) is 1. The maximum absolute atomic E-state index is 12.5. The summed E-state index contributed by atoms with van der Waals surface area (Å²) < 4.78 is 5.44.